The number of para-hydroxylation sites is 2. The van der Waals surface area contributed by atoms with Gasteiger partial charge in [-0.05, 0) is 69.2 Å². The maximum atomic E-state index is 12.9. The first-order chi connectivity index (χ1) is 15.9. The van der Waals surface area contributed by atoms with Crippen LogP contribution in [-0.4, -0.2) is 32.8 Å². The summed E-state index contributed by atoms with van der Waals surface area (Å²) in [6.45, 7) is 6.71. The first kappa shape index (κ1) is 23.5. The Morgan fingerprint density at radius 1 is 1.09 bits per heavy atom. The molecule has 1 fully saturated rings. The Morgan fingerprint density at radius 2 is 1.82 bits per heavy atom. The minimum atomic E-state index is -0.454. The lowest BCUT2D eigenvalue weighted by atomic mass is 9.75. The van der Waals surface area contributed by atoms with Gasteiger partial charge in [-0.15, -0.1) is 0 Å². The van der Waals surface area contributed by atoms with Gasteiger partial charge in [0.2, 0.25) is 0 Å². The number of hydrogen-bond acceptors (Lipinski definition) is 4. The third kappa shape index (κ3) is 5.64. The molecule has 3 aromatic rings. The van der Waals surface area contributed by atoms with Gasteiger partial charge in [-0.25, -0.2) is 4.98 Å². The third-order valence-electron chi connectivity index (χ3n) is 6.52. The van der Waals surface area contributed by atoms with Crippen LogP contribution >= 0.6 is 0 Å². The van der Waals surface area contributed by atoms with Crippen molar-refractivity contribution in [3.8, 4) is 0 Å². The smallest absolute Gasteiger partial charge is 0.310 e. The van der Waals surface area contributed by atoms with Gasteiger partial charge in [0.15, 0.2) is 0 Å². The summed E-state index contributed by atoms with van der Waals surface area (Å²) in [5.74, 6) is 1.10. The first-order valence-corrected chi connectivity index (χ1v) is 12.2. The standard InChI is InChI=1S/C28H36N2O3/c1-28(2,3)33-27(32)23-10-5-4-9-22(23)21-16-14-20(15-17-21)19-30-25-12-7-6-11-24(25)29-26(30)13-8-18-31/h6-7,11-12,14-17,22-23,31H,4-5,8-10,13,18-19H2,1-3H3. The normalized spacial score (nSPS) is 19.0. The summed E-state index contributed by atoms with van der Waals surface area (Å²) >= 11 is 0. The van der Waals surface area contributed by atoms with Crippen molar-refractivity contribution in [2.24, 2.45) is 5.92 Å². The highest BCUT2D eigenvalue weighted by Crippen LogP contribution is 2.39. The van der Waals surface area contributed by atoms with Crippen LogP contribution in [0.25, 0.3) is 11.0 Å². The number of imidazole rings is 1. The van der Waals surface area contributed by atoms with Crippen molar-refractivity contribution in [1.29, 1.82) is 0 Å². The second kappa shape index (κ2) is 10.1. The van der Waals surface area contributed by atoms with E-state index in [1.54, 1.807) is 0 Å². The van der Waals surface area contributed by atoms with E-state index in [0.29, 0.717) is 6.42 Å². The second-order valence-corrected chi connectivity index (χ2v) is 10.2. The predicted molar refractivity (Wildman–Crippen MR) is 131 cm³/mol. The van der Waals surface area contributed by atoms with E-state index in [1.165, 1.54) is 11.1 Å². The zero-order valence-electron chi connectivity index (χ0n) is 20.1. The van der Waals surface area contributed by atoms with Gasteiger partial charge < -0.3 is 14.4 Å². The molecule has 0 spiro atoms. The average molecular weight is 449 g/mol. The van der Waals surface area contributed by atoms with E-state index in [0.717, 1.165) is 55.5 Å². The lowest BCUT2D eigenvalue weighted by molar-refractivity contribution is -0.161. The zero-order chi connectivity index (χ0) is 23.4. The Kier molecular flexibility index (Phi) is 7.18. The largest absolute Gasteiger partial charge is 0.460 e. The molecule has 1 aliphatic carbocycles. The summed E-state index contributed by atoms with van der Waals surface area (Å²) in [5.41, 5.74) is 4.09. The number of hydrogen-bond donors (Lipinski definition) is 1. The van der Waals surface area contributed by atoms with Crippen molar-refractivity contribution in [1.82, 2.24) is 9.55 Å². The molecule has 0 radical (unpaired) electrons. The van der Waals surface area contributed by atoms with E-state index in [1.807, 2.05) is 39.0 Å². The predicted octanol–water partition coefficient (Wildman–Crippen LogP) is 5.63. The number of benzene rings is 2. The molecule has 1 aromatic heterocycles. The molecule has 1 aliphatic rings. The van der Waals surface area contributed by atoms with Crippen molar-refractivity contribution in [2.45, 2.75) is 77.4 Å². The van der Waals surface area contributed by atoms with E-state index in [-0.39, 0.29) is 24.4 Å². The Hall–Kier alpha value is -2.66. The summed E-state index contributed by atoms with van der Waals surface area (Å²) in [7, 11) is 0. The Labute approximate surface area is 196 Å². The number of carbonyl (C=O) groups is 1. The number of ether oxygens (including phenoxy) is 1. The molecule has 1 N–H and O–H groups in total. The summed E-state index contributed by atoms with van der Waals surface area (Å²) < 4.78 is 8.00. The van der Waals surface area contributed by atoms with Crippen LogP contribution in [0, 0.1) is 5.92 Å². The summed E-state index contributed by atoms with van der Waals surface area (Å²) in [6.07, 6.45) is 5.62. The van der Waals surface area contributed by atoms with Crippen LogP contribution in [0.5, 0.6) is 0 Å². The lowest BCUT2D eigenvalue weighted by Crippen LogP contribution is -2.33. The molecule has 33 heavy (non-hydrogen) atoms. The van der Waals surface area contributed by atoms with E-state index >= 15 is 0 Å². The first-order valence-electron chi connectivity index (χ1n) is 12.2. The molecule has 4 rings (SSSR count). The van der Waals surface area contributed by atoms with Crippen LogP contribution < -0.4 is 0 Å². The molecular formula is C28H36N2O3. The minimum absolute atomic E-state index is 0.0605. The van der Waals surface area contributed by atoms with Gasteiger partial charge in [-0.1, -0.05) is 49.2 Å². The molecular weight excluding hydrogens is 412 g/mol. The third-order valence-corrected chi connectivity index (χ3v) is 6.52. The lowest BCUT2D eigenvalue weighted by Gasteiger charge is -2.32. The molecule has 176 valence electrons. The molecule has 2 unspecified atom stereocenters. The van der Waals surface area contributed by atoms with Crippen LogP contribution in [-0.2, 0) is 22.5 Å². The maximum Gasteiger partial charge on any atom is 0.310 e. The molecule has 0 aliphatic heterocycles. The molecule has 5 nitrogen and oxygen atoms in total. The van der Waals surface area contributed by atoms with E-state index in [9.17, 15) is 9.90 Å². The maximum absolute atomic E-state index is 12.9. The van der Waals surface area contributed by atoms with Gasteiger partial charge in [0.05, 0.1) is 17.0 Å². The fourth-order valence-corrected chi connectivity index (χ4v) is 4.97. The van der Waals surface area contributed by atoms with Gasteiger partial charge in [0.25, 0.3) is 0 Å². The zero-order valence-corrected chi connectivity index (χ0v) is 20.1. The number of fused-ring (bicyclic) bond motifs is 1. The molecule has 0 bridgehead atoms. The van der Waals surface area contributed by atoms with Crippen molar-refractivity contribution >= 4 is 17.0 Å². The van der Waals surface area contributed by atoms with Crippen LogP contribution in [0.1, 0.15) is 75.7 Å². The highest BCUT2D eigenvalue weighted by molar-refractivity contribution is 5.76. The van der Waals surface area contributed by atoms with Crippen molar-refractivity contribution in [3.05, 3.63) is 65.5 Å². The van der Waals surface area contributed by atoms with Crippen LogP contribution in [0.4, 0.5) is 0 Å². The molecule has 1 heterocycles. The molecule has 2 atom stereocenters. The number of aryl methyl sites for hydroxylation is 1. The number of rotatable bonds is 7. The molecule has 2 aromatic carbocycles. The van der Waals surface area contributed by atoms with E-state index < -0.39 is 5.60 Å². The molecule has 0 saturated heterocycles. The average Bonchev–Trinajstić information content (AvgIpc) is 3.14. The van der Waals surface area contributed by atoms with Crippen LogP contribution in [0.15, 0.2) is 48.5 Å². The minimum Gasteiger partial charge on any atom is -0.460 e. The quantitative estimate of drug-likeness (QED) is 0.476. The number of carbonyl (C=O) groups excluding carboxylic acids is 1. The summed E-state index contributed by atoms with van der Waals surface area (Å²) in [4.78, 5) is 17.7. The van der Waals surface area contributed by atoms with Crippen LogP contribution in [0.2, 0.25) is 0 Å². The number of aromatic nitrogens is 2. The Bertz CT molecular complexity index is 1080. The van der Waals surface area contributed by atoms with Gasteiger partial charge in [-0.3, -0.25) is 4.79 Å². The highest BCUT2D eigenvalue weighted by Gasteiger charge is 2.35. The molecule has 5 heteroatoms. The summed E-state index contributed by atoms with van der Waals surface area (Å²) in [5, 5.41) is 9.29. The van der Waals surface area contributed by atoms with Gasteiger partial charge in [-0.2, -0.15) is 0 Å². The fraction of sp³-hybridized carbons (Fsp3) is 0.500. The Balaban J connectivity index is 1.54. The van der Waals surface area contributed by atoms with Gasteiger partial charge in [0.1, 0.15) is 11.4 Å². The summed E-state index contributed by atoms with van der Waals surface area (Å²) in [6, 6.07) is 16.9. The fourth-order valence-electron chi connectivity index (χ4n) is 4.97. The van der Waals surface area contributed by atoms with Gasteiger partial charge in [0, 0.05) is 19.6 Å². The number of aliphatic hydroxyl groups is 1. The van der Waals surface area contributed by atoms with Crippen LogP contribution in [0.3, 0.4) is 0 Å². The van der Waals surface area contributed by atoms with E-state index in [4.69, 9.17) is 9.72 Å². The van der Waals surface area contributed by atoms with E-state index in [2.05, 4.69) is 34.9 Å². The van der Waals surface area contributed by atoms with Gasteiger partial charge >= 0.3 is 5.97 Å². The van der Waals surface area contributed by atoms with Crippen molar-refractivity contribution in [2.75, 3.05) is 6.61 Å². The SMILES string of the molecule is CC(C)(C)OC(=O)C1CCCCC1c1ccc(Cn2c(CCCO)nc3ccccc32)cc1. The molecule has 0 amide bonds. The number of aliphatic hydroxyl groups excluding tert-OH is 1. The highest BCUT2D eigenvalue weighted by atomic mass is 16.6. The van der Waals surface area contributed by atoms with Crippen molar-refractivity contribution < 1.29 is 14.6 Å². The number of esters is 1. The van der Waals surface area contributed by atoms with Crippen molar-refractivity contribution in [3.63, 3.8) is 0 Å². The number of nitrogens with zero attached hydrogens (tertiary/aromatic N) is 2. The second-order valence-electron chi connectivity index (χ2n) is 10.2. The monoisotopic (exact) mass is 448 g/mol. The molecule has 1 saturated carbocycles. The Morgan fingerprint density at radius 3 is 2.55 bits per heavy atom. The topological polar surface area (TPSA) is 64.3 Å².